The monoisotopic (exact) mass is 259 g/mol. The van der Waals surface area contributed by atoms with Gasteiger partial charge in [0.15, 0.2) is 5.58 Å². The fraction of sp³-hybridized carbons (Fsp3) is 0.533. The zero-order valence-corrected chi connectivity index (χ0v) is 11.4. The van der Waals surface area contributed by atoms with Crippen LogP contribution in [0.25, 0.3) is 11.1 Å². The minimum atomic E-state index is 0.691. The fourth-order valence-electron chi connectivity index (χ4n) is 3.03. The van der Waals surface area contributed by atoms with Gasteiger partial charge in [0, 0.05) is 6.04 Å². The molecule has 1 heterocycles. The lowest BCUT2D eigenvalue weighted by Gasteiger charge is -2.25. The average molecular weight is 259 g/mol. The van der Waals surface area contributed by atoms with Gasteiger partial charge in [-0.3, -0.25) is 4.90 Å². The maximum absolute atomic E-state index is 5.92. The van der Waals surface area contributed by atoms with Crippen molar-refractivity contribution in [3.63, 3.8) is 0 Å². The predicted octanol–water partition coefficient (Wildman–Crippen LogP) is 3.17. The number of para-hydroxylation sites is 1. The molecule has 1 fully saturated rings. The predicted molar refractivity (Wildman–Crippen MR) is 76.8 cm³/mol. The highest BCUT2D eigenvalue weighted by molar-refractivity contribution is 5.85. The second kappa shape index (κ2) is 5.21. The van der Waals surface area contributed by atoms with Crippen molar-refractivity contribution in [3.8, 4) is 0 Å². The molecule has 0 aliphatic heterocycles. The molecule has 4 heteroatoms. The summed E-state index contributed by atoms with van der Waals surface area (Å²) in [5.74, 6) is 0.779. The number of hydrogen-bond donors (Lipinski definition) is 1. The Balaban J connectivity index is 1.81. The van der Waals surface area contributed by atoms with Crippen LogP contribution in [0.4, 0.5) is 5.69 Å². The Morgan fingerprint density at radius 2 is 2.16 bits per heavy atom. The SMILES string of the molecule is CCN(Cc1nc2c(N)cccc2o1)C1CCCC1. The third kappa shape index (κ3) is 2.45. The maximum atomic E-state index is 5.92. The molecule has 1 aliphatic rings. The molecule has 1 aliphatic carbocycles. The van der Waals surface area contributed by atoms with Crippen LogP contribution in [-0.4, -0.2) is 22.5 Å². The highest BCUT2D eigenvalue weighted by atomic mass is 16.3. The van der Waals surface area contributed by atoms with Crippen LogP contribution >= 0.6 is 0 Å². The number of anilines is 1. The number of fused-ring (bicyclic) bond motifs is 1. The van der Waals surface area contributed by atoms with Crippen molar-refractivity contribution in [2.24, 2.45) is 0 Å². The van der Waals surface area contributed by atoms with E-state index < -0.39 is 0 Å². The van der Waals surface area contributed by atoms with Crippen LogP contribution in [0.15, 0.2) is 22.6 Å². The quantitative estimate of drug-likeness (QED) is 0.857. The lowest BCUT2D eigenvalue weighted by Crippen LogP contribution is -2.32. The molecular formula is C15H21N3O. The molecule has 0 radical (unpaired) electrons. The van der Waals surface area contributed by atoms with Crippen LogP contribution in [0.2, 0.25) is 0 Å². The molecule has 0 saturated heterocycles. The van der Waals surface area contributed by atoms with Gasteiger partial charge in [0.2, 0.25) is 5.89 Å². The standard InChI is InChI=1S/C15H21N3O/c1-2-18(11-6-3-4-7-11)10-14-17-15-12(16)8-5-9-13(15)19-14/h5,8-9,11H,2-4,6-7,10,16H2,1H3. The Labute approximate surface area is 113 Å². The first kappa shape index (κ1) is 12.5. The summed E-state index contributed by atoms with van der Waals surface area (Å²) in [4.78, 5) is 7.00. The smallest absolute Gasteiger partial charge is 0.209 e. The number of rotatable bonds is 4. The van der Waals surface area contributed by atoms with Gasteiger partial charge in [-0.15, -0.1) is 0 Å². The topological polar surface area (TPSA) is 55.3 Å². The third-order valence-corrected chi connectivity index (χ3v) is 4.08. The average Bonchev–Trinajstić information content (AvgIpc) is 3.05. The summed E-state index contributed by atoms with van der Waals surface area (Å²) < 4.78 is 5.81. The van der Waals surface area contributed by atoms with E-state index in [1.165, 1.54) is 25.7 Å². The van der Waals surface area contributed by atoms with Gasteiger partial charge in [-0.25, -0.2) is 4.98 Å². The molecule has 19 heavy (non-hydrogen) atoms. The Morgan fingerprint density at radius 3 is 2.84 bits per heavy atom. The zero-order valence-electron chi connectivity index (χ0n) is 11.4. The number of aromatic nitrogens is 1. The van der Waals surface area contributed by atoms with Crippen LogP contribution < -0.4 is 5.73 Å². The van der Waals surface area contributed by atoms with E-state index in [4.69, 9.17) is 10.2 Å². The van der Waals surface area contributed by atoms with Crippen LogP contribution in [0.5, 0.6) is 0 Å². The lowest BCUT2D eigenvalue weighted by molar-refractivity contribution is 0.183. The number of benzene rings is 1. The molecule has 1 saturated carbocycles. The Kier molecular flexibility index (Phi) is 3.42. The van der Waals surface area contributed by atoms with E-state index in [0.717, 1.165) is 30.1 Å². The molecule has 0 bridgehead atoms. The van der Waals surface area contributed by atoms with Crippen molar-refractivity contribution in [3.05, 3.63) is 24.1 Å². The number of nitrogen functional groups attached to an aromatic ring is 1. The summed E-state index contributed by atoms with van der Waals surface area (Å²) in [6.45, 7) is 4.03. The summed E-state index contributed by atoms with van der Waals surface area (Å²) in [6, 6.07) is 6.38. The van der Waals surface area contributed by atoms with Crippen molar-refractivity contribution < 1.29 is 4.42 Å². The first-order chi connectivity index (χ1) is 9.28. The van der Waals surface area contributed by atoms with Gasteiger partial charge in [0.05, 0.1) is 12.2 Å². The van der Waals surface area contributed by atoms with E-state index in [1.807, 2.05) is 18.2 Å². The second-order valence-corrected chi connectivity index (χ2v) is 5.30. The van der Waals surface area contributed by atoms with Crippen molar-refractivity contribution in [1.29, 1.82) is 0 Å². The van der Waals surface area contributed by atoms with Crippen molar-refractivity contribution in [2.75, 3.05) is 12.3 Å². The lowest BCUT2D eigenvalue weighted by atomic mass is 10.2. The minimum absolute atomic E-state index is 0.691. The van der Waals surface area contributed by atoms with Crippen LogP contribution in [0, 0.1) is 0 Å². The van der Waals surface area contributed by atoms with Gasteiger partial charge in [-0.05, 0) is 31.5 Å². The first-order valence-electron chi connectivity index (χ1n) is 7.16. The van der Waals surface area contributed by atoms with Crippen LogP contribution in [0.1, 0.15) is 38.5 Å². The van der Waals surface area contributed by atoms with E-state index in [2.05, 4.69) is 16.8 Å². The molecule has 0 amide bonds. The van der Waals surface area contributed by atoms with E-state index in [1.54, 1.807) is 0 Å². The van der Waals surface area contributed by atoms with Crippen molar-refractivity contribution >= 4 is 16.8 Å². The first-order valence-corrected chi connectivity index (χ1v) is 7.16. The van der Waals surface area contributed by atoms with Gasteiger partial charge < -0.3 is 10.2 Å². The molecule has 1 aromatic carbocycles. The number of nitrogens with zero attached hydrogens (tertiary/aromatic N) is 2. The molecule has 102 valence electrons. The number of oxazole rings is 1. The molecule has 3 rings (SSSR count). The number of nitrogens with two attached hydrogens (primary N) is 1. The summed E-state index contributed by atoms with van der Waals surface area (Å²) >= 11 is 0. The Morgan fingerprint density at radius 1 is 1.37 bits per heavy atom. The molecule has 2 N–H and O–H groups in total. The molecule has 0 spiro atoms. The molecule has 0 atom stereocenters. The van der Waals surface area contributed by atoms with E-state index >= 15 is 0 Å². The fourth-order valence-corrected chi connectivity index (χ4v) is 3.03. The molecule has 4 nitrogen and oxygen atoms in total. The largest absolute Gasteiger partial charge is 0.439 e. The van der Waals surface area contributed by atoms with Gasteiger partial charge in [0.25, 0.3) is 0 Å². The second-order valence-electron chi connectivity index (χ2n) is 5.30. The van der Waals surface area contributed by atoms with Crippen LogP contribution in [0.3, 0.4) is 0 Å². The summed E-state index contributed by atoms with van der Waals surface area (Å²) in [5, 5.41) is 0. The number of hydrogen-bond acceptors (Lipinski definition) is 4. The molecular weight excluding hydrogens is 238 g/mol. The highest BCUT2D eigenvalue weighted by Crippen LogP contribution is 2.26. The van der Waals surface area contributed by atoms with E-state index in [9.17, 15) is 0 Å². The summed E-state index contributed by atoms with van der Waals surface area (Å²) in [7, 11) is 0. The van der Waals surface area contributed by atoms with Crippen molar-refractivity contribution in [2.45, 2.75) is 45.2 Å². The van der Waals surface area contributed by atoms with Gasteiger partial charge in [0.1, 0.15) is 5.52 Å². The Hall–Kier alpha value is -1.55. The van der Waals surface area contributed by atoms with E-state index in [0.29, 0.717) is 11.7 Å². The molecule has 1 aromatic heterocycles. The molecule has 0 unspecified atom stereocenters. The summed E-state index contributed by atoms with van der Waals surface area (Å²) in [6.07, 6.45) is 5.30. The molecule has 2 aromatic rings. The summed E-state index contributed by atoms with van der Waals surface area (Å²) in [5.41, 5.74) is 8.19. The minimum Gasteiger partial charge on any atom is -0.439 e. The van der Waals surface area contributed by atoms with Crippen molar-refractivity contribution in [1.82, 2.24) is 9.88 Å². The highest BCUT2D eigenvalue weighted by Gasteiger charge is 2.23. The Bertz CT molecular complexity index is 558. The van der Waals surface area contributed by atoms with Crippen LogP contribution in [-0.2, 0) is 6.54 Å². The maximum Gasteiger partial charge on any atom is 0.209 e. The normalized spacial score (nSPS) is 16.7. The third-order valence-electron chi connectivity index (χ3n) is 4.08. The zero-order chi connectivity index (χ0) is 13.2. The van der Waals surface area contributed by atoms with Gasteiger partial charge in [-0.2, -0.15) is 0 Å². The van der Waals surface area contributed by atoms with E-state index in [-0.39, 0.29) is 0 Å². The van der Waals surface area contributed by atoms with Gasteiger partial charge >= 0.3 is 0 Å². The van der Waals surface area contributed by atoms with Gasteiger partial charge in [-0.1, -0.05) is 25.8 Å².